The monoisotopic (exact) mass is 241 g/mol. The van der Waals surface area contributed by atoms with Gasteiger partial charge in [-0.25, -0.2) is 0 Å². The molecule has 3 heteroatoms. The van der Waals surface area contributed by atoms with Crippen LogP contribution in [0.2, 0.25) is 5.02 Å². The van der Waals surface area contributed by atoms with Crippen molar-refractivity contribution < 1.29 is 4.74 Å². The van der Waals surface area contributed by atoms with Crippen molar-refractivity contribution in [3.63, 3.8) is 0 Å². The van der Waals surface area contributed by atoms with Crippen molar-refractivity contribution in [3.05, 3.63) is 28.8 Å². The highest BCUT2D eigenvalue weighted by molar-refractivity contribution is 6.32. The number of halogens is 1. The quantitative estimate of drug-likeness (QED) is 0.816. The summed E-state index contributed by atoms with van der Waals surface area (Å²) in [6.07, 6.45) is 0. The van der Waals surface area contributed by atoms with Crippen LogP contribution in [0.3, 0.4) is 0 Å². The molecule has 90 valence electrons. The minimum atomic E-state index is 0.125. The predicted molar refractivity (Wildman–Crippen MR) is 69.4 cm³/mol. The number of nitrogens with one attached hydrogen (secondary N) is 1. The SMILES string of the molecule is Cc1ccc(OCCNC(C)(C)C)c(Cl)c1. The number of ether oxygens (including phenoxy) is 1. The zero-order valence-corrected chi connectivity index (χ0v) is 11.2. The summed E-state index contributed by atoms with van der Waals surface area (Å²) in [5.41, 5.74) is 1.27. The Kier molecular flexibility index (Phi) is 4.63. The lowest BCUT2D eigenvalue weighted by Crippen LogP contribution is -2.38. The molecule has 1 aromatic carbocycles. The van der Waals surface area contributed by atoms with Gasteiger partial charge in [0.15, 0.2) is 0 Å². The number of hydrogen-bond donors (Lipinski definition) is 1. The van der Waals surface area contributed by atoms with Crippen LogP contribution >= 0.6 is 11.6 Å². The standard InChI is InChI=1S/C13H20ClNO/c1-10-5-6-12(11(14)9-10)16-8-7-15-13(2,3)4/h5-6,9,15H,7-8H2,1-4H3. The van der Waals surface area contributed by atoms with Gasteiger partial charge in [0.2, 0.25) is 0 Å². The molecule has 0 amide bonds. The van der Waals surface area contributed by atoms with E-state index in [1.807, 2.05) is 25.1 Å². The smallest absolute Gasteiger partial charge is 0.137 e. The maximum Gasteiger partial charge on any atom is 0.137 e. The van der Waals surface area contributed by atoms with E-state index in [0.717, 1.165) is 17.9 Å². The van der Waals surface area contributed by atoms with Crippen molar-refractivity contribution in [1.82, 2.24) is 5.32 Å². The lowest BCUT2D eigenvalue weighted by atomic mass is 10.1. The van der Waals surface area contributed by atoms with Crippen LogP contribution in [0, 0.1) is 6.92 Å². The molecule has 0 saturated heterocycles. The second-order valence-corrected chi connectivity index (χ2v) is 5.37. The molecule has 0 unspecified atom stereocenters. The molecule has 0 bridgehead atoms. The number of rotatable bonds is 4. The van der Waals surface area contributed by atoms with E-state index in [4.69, 9.17) is 16.3 Å². The molecule has 16 heavy (non-hydrogen) atoms. The van der Waals surface area contributed by atoms with Crippen molar-refractivity contribution >= 4 is 11.6 Å². The van der Waals surface area contributed by atoms with E-state index in [1.165, 1.54) is 0 Å². The van der Waals surface area contributed by atoms with Gasteiger partial charge >= 0.3 is 0 Å². The van der Waals surface area contributed by atoms with Crippen LogP contribution < -0.4 is 10.1 Å². The third kappa shape index (κ3) is 4.86. The predicted octanol–water partition coefficient (Wildman–Crippen LogP) is 3.42. The van der Waals surface area contributed by atoms with Gasteiger partial charge in [-0.3, -0.25) is 0 Å². The Morgan fingerprint density at radius 3 is 2.56 bits per heavy atom. The Balaban J connectivity index is 2.38. The van der Waals surface area contributed by atoms with E-state index in [0.29, 0.717) is 11.6 Å². The summed E-state index contributed by atoms with van der Waals surface area (Å²) in [5, 5.41) is 4.03. The molecule has 0 aliphatic carbocycles. The van der Waals surface area contributed by atoms with E-state index >= 15 is 0 Å². The molecule has 0 aliphatic rings. The van der Waals surface area contributed by atoms with Gasteiger partial charge in [0, 0.05) is 12.1 Å². The molecule has 0 atom stereocenters. The minimum Gasteiger partial charge on any atom is -0.491 e. The van der Waals surface area contributed by atoms with Gasteiger partial charge in [-0.2, -0.15) is 0 Å². The maximum absolute atomic E-state index is 6.05. The summed E-state index contributed by atoms with van der Waals surface area (Å²) in [6, 6.07) is 5.82. The fourth-order valence-electron chi connectivity index (χ4n) is 1.31. The largest absolute Gasteiger partial charge is 0.491 e. The highest BCUT2D eigenvalue weighted by Gasteiger charge is 2.08. The second kappa shape index (κ2) is 5.55. The molecule has 0 aliphatic heterocycles. The molecule has 1 N–H and O–H groups in total. The molecule has 0 aromatic heterocycles. The molecule has 1 rings (SSSR count). The number of benzene rings is 1. The first-order valence-corrected chi connectivity index (χ1v) is 5.90. The fourth-order valence-corrected chi connectivity index (χ4v) is 1.60. The van der Waals surface area contributed by atoms with Crippen molar-refractivity contribution in [2.45, 2.75) is 33.2 Å². The van der Waals surface area contributed by atoms with Gasteiger partial charge < -0.3 is 10.1 Å². The molecule has 2 nitrogen and oxygen atoms in total. The molecule has 0 radical (unpaired) electrons. The molecule has 0 saturated carbocycles. The lowest BCUT2D eigenvalue weighted by molar-refractivity contribution is 0.291. The fraction of sp³-hybridized carbons (Fsp3) is 0.538. The first-order valence-electron chi connectivity index (χ1n) is 5.52. The summed E-state index contributed by atoms with van der Waals surface area (Å²) in [6.45, 7) is 9.84. The Morgan fingerprint density at radius 1 is 1.31 bits per heavy atom. The molecule has 0 spiro atoms. The van der Waals surface area contributed by atoms with Crippen LogP contribution in [0.1, 0.15) is 26.3 Å². The van der Waals surface area contributed by atoms with Crippen molar-refractivity contribution in [1.29, 1.82) is 0 Å². The third-order valence-corrected chi connectivity index (χ3v) is 2.40. The van der Waals surface area contributed by atoms with E-state index in [-0.39, 0.29) is 5.54 Å². The van der Waals surface area contributed by atoms with E-state index in [9.17, 15) is 0 Å². The van der Waals surface area contributed by atoms with Gasteiger partial charge in [-0.05, 0) is 45.4 Å². The van der Waals surface area contributed by atoms with Gasteiger partial charge in [-0.1, -0.05) is 17.7 Å². The average Bonchev–Trinajstić information content (AvgIpc) is 2.13. The summed E-state index contributed by atoms with van der Waals surface area (Å²) < 4.78 is 5.59. The zero-order chi connectivity index (χ0) is 12.2. The van der Waals surface area contributed by atoms with Crippen LogP contribution in [0.5, 0.6) is 5.75 Å². The molecular weight excluding hydrogens is 222 g/mol. The Bertz CT molecular complexity index is 344. The Morgan fingerprint density at radius 2 is 2.00 bits per heavy atom. The van der Waals surface area contributed by atoms with Gasteiger partial charge in [-0.15, -0.1) is 0 Å². The second-order valence-electron chi connectivity index (χ2n) is 4.96. The highest BCUT2D eigenvalue weighted by Crippen LogP contribution is 2.24. The van der Waals surface area contributed by atoms with Crippen molar-refractivity contribution in [2.24, 2.45) is 0 Å². The van der Waals surface area contributed by atoms with Crippen LogP contribution in [0.15, 0.2) is 18.2 Å². The first kappa shape index (κ1) is 13.3. The lowest BCUT2D eigenvalue weighted by Gasteiger charge is -2.20. The van der Waals surface area contributed by atoms with E-state index in [2.05, 4.69) is 26.1 Å². The normalized spacial score (nSPS) is 11.6. The van der Waals surface area contributed by atoms with Crippen LogP contribution in [-0.4, -0.2) is 18.7 Å². The number of hydrogen-bond acceptors (Lipinski definition) is 2. The van der Waals surface area contributed by atoms with Gasteiger partial charge in [0.05, 0.1) is 5.02 Å². The Labute approximate surface area is 103 Å². The van der Waals surface area contributed by atoms with Gasteiger partial charge in [0.25, 0.3) is 0 Å². The van der Waals surface area contributed by atoms with Crippen LogP contribution in [0.25, 0.3) is 0 Å². The van der Waals surface area contributed by atoms with Crippen LogP contribution in [0.4, 0.5) is 0 Å². The first-order chi connectivity index (χ1) is 7.38. The molecule has 1 aromatic rings. The molecular formula is C13H20ClNO. The third-order valence-electron chi connectivity index (χ3n) is 2.10. The summed E-state index contributed by atoms with van der Waals surface area (Å²) in [5.74, 6) is 0.753. The zero-order valence-electron chi connectivity index (χ0n) is 10.4. The average molecular weight is 242 g/mol. The topological polar surface area (TPSA) is 21.3 Å². The van der Waals surface area contributed by atoms with Crippen molar-refractivity contribution in [3.8, 4) is 5.75 Å². The van der Waals surface area contributed by atoms with Gasteiger partial charge in [0.1, 0.15) is 12.4 Å². The maximum atomic E-state index is 6.05. The highest BCUT2D eigenvalue weighted by atomic mass is 35.5. The Hall–Kier alpha value is -0.730. The molecule has 0 fully saturated rings. The molecule has 0 heterocycles. The van der Waals surface area contributed by atoms with E-state index < -0.39 is 0 Å². The number of aryl methyl sites for hydroxylation is 1. The summed E-state index contributed by atoms with van der Waals surface area (Å²) >= 11 is 6.05. The van der Waals surface area contributed by atoms with E-state index in [1.54, 1.807) is 0 Å². The summed E-state index contributed by atoms with van der Waals surface area (Å²) in [7, 11) is 0. The van der Waals surface area contributed by atoms with Crippen LogP contribution in [-0.2, 0) is 0 Å². The summed E-state index contributed by atoms with van der Waals surface area (Å²) in [4.78, 5) is 0. The minimum absolute atomic E-state index is 0.125. The van der Waals surface area contributed by atoms with Crippen molar-refractivity contribution in [2.75, 3.05) is 13.2 Å².